The molecule has 7 heteroatoms. The highest BCUT2D eigenvalue weighted by Gasteiger charge is 2.17. The molecule has 12 aromatic rings. The van der Waals surface area contributed by atoms with Crippen LogP contribution in [0.15, 0.2) is 309 Å². The van der Waals surface area contributed by atoms with Gasteiger partial charge in [-0.15, -0.1) is 0 Å². The summed E-state index contributed by atoms with van der Waals surface area (Å²) < 4.78 is 5.26. The van der Waals surface area contributed by atoms with Gasteiger partial charge >= 0.3 is 0 Å². The highest BCUT2D eigenvalue weighted by molar-refractivity contribution is 5.81. The number of methoxy groups -OCH3 is 1. The summed E-state index contributed by atoms with van der Waals surface area (Å²) in [6, 6.07) is 109. The Labute approximate surface area is 522 Å². The summed E-state index contributed by atoms with van der Waals surface area (Å²) in [5, 5.41) is 0. The lowest BCUT2D eigenvalue weighted by molar-refractivity contribution is 0.415. The van der Waals surface area contributed by atoms with Crippen LogP contribution in [0.5, 0.6) is 5.75 Å². The van der Waals surface area contributed by atoms with E-state index in [1.165, 1.54) is 39.2 Å². The van der Waals surface area contributed by atoms with Crippen LogP contribution in [0.2, 0.25) is 0 Å². The molecule has 0 fully saturated rings. The molecule has 88 heavy (non-hydrogen) atoms. The lowest BCUT2D eigenvalue weighted by atomic mass is 10.1. The van der Waals surface area contributed by atoms with Crippen molar-refractivity contribution in [2.45, 2.75) is 34.6 Å². The Morgan fingerprint density at radius 3 is 0.659 bits per heavy atom. The standard InChI is InChI=1S/C27H26N2O.2C27H26N2/c1-21-9-11-25(12-10-21)29(24-7-5-4-6-8-24)26-15-13-22(14-16-26)28(2)23-17-19-27(30-3)20-18-23;1-21-12-14-25(15-13-21)29(24-9-5-4-6-10-24)26-18-16-23(17-19-26)28(3)27-11-7-8-22(2)20-27;1-21-9-13-23(14-10-21)28(3)24-17-19-27(20-18-24)29(25-7-5-4-6-8-25)26-15-11-22(2)12-16-26/h4-20H,1-3H3;2*4-20H,1-3H3. The van der Waals surface area contributed by atoms with Gasteiger partial charge in [0.25, 0.3) is 0 Å². The van der Waals surface area contributed by atoms with Crippen molar-refractivity contribution in [1.82, 2.24) is 0 Å². The molecule has 0 amide bonds. The summed E-state index contributed by atoms with van der Waals surface area (Å²) in [6.07, 6.45) is 0. The van der Waals surface area contributed by atoms with Gasteiger partial charge in [0.2, 0.25) is 0 Å². The first kappa shape index (κ1) is 60.4. The zero-order chi connectivity index (χ0) is 61.4. The number of anilines is 15. The van der Waals surface area contributed by atoms with Gasteiger partial charge in [-0.3, -0.25) is 0 Å². The highest BCUT2D eigenvalue weighted by Crippen LogP contribution is 2.40. The van der Waals surface area contributed by atoms with Crippen molar-refractivity contribution >= 4 is 85.3 Å². The van der Waals surface area contributed by atoms with Gasteiger partial charge in [0.15, 0.2) is 0 Å². The molecule has 0 bridgehead atoms. The van der Waals surface area contributed by atoms with Crippen molar-refractivity contribution in [1.29, 1.82) is 0 Å². The van der Waals surface area contributed by atoms with E-state index in [4.69, 9.17) is 4.74 Å². The summed E-state index contributed by atoms with van der Waals surface area (Å²) in [5.74, 6) is 0.860. The molecule has 438 valence electrons. The normalized spacial score (nSPS) is 10.6. The average molecular weight is 1150 g/mol. The first-order valence-electron chi connectivity index (χ1n) is 29.9. The third-order valence-corrected chi connectivity index (χ3v) is 15.7. The number of aryl methyl sites for hydroxylation is 5. The number of ether oxygens (including phenoxy) is 1. The fourth-order valence-corrected chi connectivity index (χ4v) is 10.5. The van der Waals surface area contributed by atoms with Gasteiger partial charge in [0, 0.05) is 106 Å². The zero-order valence-electron chi connectivity index (χ0n) is 52.0. The molecule has 0 N–H and O–H groups in total. The third kappa shape index (κ3) is 15.2. The van der Waals surface area contributed by atoms with E-state index in [0.29, 0.717) is 0 Å². The third-order valence-electron chi connectivity index (χ3n) is 15.7. The predicted octanol–water partition coefficient (Wildman–Crippen LogP) is 22.3. The Bertz CT molecular complexity index is 4050. The maximum atomic E-state index is 5.26. The maximum absolute atomic E-state index is 5.26. The largest absolute Gasteiger partial charge is 0.497 e. The maximum Gasteiger partial charge on any atom is 0.119 e. The Hall–Kier alpha value is -10.8. The quantitative estimate of drug-likeness (QED) is 0.0952. The van der Waals surface area contributed by atoms with Crippen LogP contribution >= 0.6 is 0 Å². The van der Waals surface area contributed by atoms with Gasteiger partial charge in [-0.05, 0) is 234 Å². The molecule has 7 nitrogen and oxygen atoms in total. The summed E-state index contributed by atoms with van der Waals surface area (Å²) >= 11 is 0. The number of hydrogen-bond donors (Lipinski definition) is 0. The highest BCUT2D eigenvalue weighted by atomic mass is 16.5. The number of benzene rings is 12. The molecular formula is C81H78N6O. The minimum Gasteiger partial charge on any atom is -0.497 e. The minimum atomic E-state index is 0.860. The monoisotopic (exact) mass is 1150 g/mol. The van der Waals surface area contributed by atoms with Gasteiger partial charge in [0.1, 0.15) is 5.75 Å². The van der Waals surface area contributed by atoms with E-state index in [0.717, 1.165) is 79.7 Å². The number of hydrogen-bond acceptors (Lipinski definition) is 7. The van der Waals surface area contributed by atoms with Crippen LogP contribution in [0.1, 0.15) is 27.8 Å². The molecule has 0 unspecified atom stereocenters. The Kier molecular flexibility index (Phi) is 19.8. The molecule has 0 aliphatic rings. The van der Waals surface area contributed by atoms with E-state index in [2.05, 4.69) is 376 Å². The van der Waals surface area contributed by atoms with Crippen LogP contribution in [0.4, 0.5) is 85.3 Å². The molecule has 0 spiro atoms. The molecule has 0 heterocycles. The van der Waals surface area contributed by atoms with Crippen molar-refractivity contribution < 1.29 is 4.74 Å². The van der Waals surface area contributed by atoms with Crippen LogP contribution in [0.3, 0.4) is 0 Å². The minimum absolute atomic E-state index is 0.860. The van der Waals surface area contributed by atoms with Crippen molar-refractivity contribution in [3.05, 3.63) is 337 Å². The fourth-order valence-electron chi connectivity index (χ4n) is 10.5. The van der Waals surface area contributed by atoms with E-state index in [1.54, 1.807) is 7.11 Å². The number of rotatable bonds is 16. The van der Waals surface area contributed by atoms with E-state index in [1.807, 2.05) is 18.2 Å². The fraction of sp³-hybridized carbons (Fsp3) is 0.111. The SMILES string of the molecule is COc1ccc(N(C)c2ccc(N(c3ccccc3)c3ccc(C)cc3)cc2)cc1.Cc1ccc(N(C)c2ccc(N(c3ccccc3)c3ccc(C)cc3)cc2)cc1.Cc1ccc(N(c2ccccc2)c2ccc(N(C)c3cccc(C)c3)cc2)cc1. The second-order valence-corrected chi connectivity index (χ2v) is 22.1. The van der Waals surface area contributed by atoms with Gasteiger partial charge in [-0.2, -0.15) is 0 Å². The Balaban J connectivity index is 0.000000146. The van der Waals surface area contributed by atoms with E-state index in [9.17, 15) is 0 Å². The zero-order valence-corrected chi connectivity index (χ0v) is 52.0. The van der Waals surface area contributed by atoms with Crippen molar-refractivity contribution in [2.24, 2.45) is 0 Å². The second-order valence-electron chi connectivity index (χ2n) is 22.1. The molecule has 0 aromatic heterocycles. The van der Waals surface area contributed by atoms with Gasteiger partial charge < -0.3 is 34.1 Å². The van der Waals surface area contributed by atoms with E-state index in [-0.39, 0.29) is 0 Å². The lowest BCUT2D eigenvalue weighted by Crippen LogP contribution is -2.12. The molecule has 0 radical (unpaired) electrons. The van der Waals surface area contributed by atoms with Crippen molar-refractivity contribution in [3.8, 4) is 5.75 Å². The topological polar surface area (TPSA) is 28.7 Å². The van der Waals surface area contributed by atoms with Crippen LogP contribution in [0, 0.1) is 34.6 Å². The van der Waals surface area contributed by atoms with Crippen LogP contribution in [-0.2, 0) is 0 Å². The predicted molar refractivity (Wildman–Crippen MR) is 377 cm³/mol. The second kappa shape index (κ2) is 28.9. The first-order chi connectivity index (χ1) is 42.9. The van der Waals surface area contributed by atoms with Gasteiger partial charge in [-0.1, -0.05) is 138 Å². The molecule has 12 aromatic carbocycles. The number of para-hydroxylation sites is 3. The Morgan fingerprint density at radius 2 is 0.398 bits per heavy atom. The van der Waals surface area contributed by atoms with Gasteiger partial charge in [0.05, 0.1) is 7.11 Å². The summed E-state index contributed by atoms with van der Waals surface area (Å²) in [4.78, 5) is 13.4. The molecule has 0 saturated carbocycles. The summed E-state index contributed by atoms with van der Waals surface area (Å²) in [6.45, 7) is 10.6. The smallest absolute Gasteiger partial charge is 0.119 e. The molecule has 0 saturated heterocycles. The van der Waals surface area contributed by atoms with Crippen LogP contribution in [-0.4, -0.2) is 28.3 Å². The number of nitrogens with zero attached hydrogens (tertiary/aromatic N) is 6. The summed E-state index contributed by atoms with van der Waals surface area (Å²) in [7, 11) is 7.98. The van der Waals surface area contributed by atoms with E-state index >= 15 is 0 Å². The van der Waals surface area contributed by atoms with Crippen LogP contribution in [0.25, 0.3) is 0 Å². The molecule has 0 atom stereocenters. The lowest BCUT2D eigenvalue weighted by Gasteiger charge is -2.27. The molecular weight excluding hydrogens is 1070 g/mol. The summed E-state index contributed by atoms with van der Waals surface area (Å²) in [5.41, 5.74) is 23.5. The van der Waals surface area contributed by atoms with Crippen LogP contribution < -0.4 is 34.1 Å². The molecule has 12 rings (SSSR count). The molecule has 0 aliphatic carbocycles. The first-order valence-corrected chi connectivity index (χ1v) is 29.9. The van der Waals surface area contributed by atoms with E-state index < -0.39 is 0 Å². The van der Waals surface area contributed by atoms with Gasteiger partial charge in [-0.25, -0.2) is 0 Å². The molecule has 0 aliphatic heterocycles. The van der Waals surface area contributed by atoms with Crippen molar-refractivity contribution in [3.63, 3.8) is 0 Å². The van der Waals surface area contributed by atoms with Crippen molar-refractivity contribution in [2.75, 3.05) is 57.7 Å². The average Bonchev–Trinajstić information content (AvgIpc) is 3.18. The Morgan fingerprint density at radius 1 is 0.193 bits per heavy atom.